The number of oxazole rings is 1. The van der Waals surface area contributed by atoms with E-state index >= 15 is 0 Å². The van der Waals surface area contributed by atoms with Gasteiger partial charge in [0.25, 0.3) is 0 Å². The maximum atomic E-state index is 11.7. The first-order valence-electron chi connectivity index (χ1n) is 6.08. The van der Waals surface area contributed by atoms with Crippen LogP contribution in [0.4, 0.5) is 0 Å². The summed E-state index contributed by atoms with van der Waals surface area (Å²) in [6.45, 7) is 2.37. The molecule has 0 aliphatic carbocycles. The molecule has 6 heteroatoms. The molecule has 19 heavy (non-hydrogen) atoms. The lowest BCUT2D eigenvalue weighted by atomic mass is 10.3. The van der Waals surface area contributed by atoms with Crippen LogP contribution < -0.4 is 5.76 Å². The summed E-state index contributed by atoms with van der Waals surface area (Å²) in [5, 5.41) is 0. The first kappa shape index (κ1) is 14.5. The first-order valence-corrected chi connectivity index (χ1v) is 7.16. The van der Waals surface area contributed by atoms with Gasteiger partial charge in [-0.3, -0.25) is 4.57 Å². The van der Waals surface area contributed by atoms with E-state index < -0.39 is 0 Å². The average Bonchev–Trinajstić information content (AvgIpc) is 2.69. The molecule has 0 N–H and O–H groups in total. The first-order chi connectivity index (χ1) is 9.22. The van der Waals surface area contributed by atoms with E-state index in [-0.39, 0.29) is 5.76 Å². The van der Waals surface area contributed by atoms with Crippen molar-refractivity contribution in [3.8, 4) is 0 Å². The van der Waals surface area contributed by atoms with Crippen molar-refractivity contribution in [1.29, 1.82) is 0 Å². The summed E-state index contributed by atoms with van der Waals surface area (Å²) in [5.41, 5.74) is 1.47. The van der Waals surface area contributed by atoms with Gasteiger partial charge in [0.2, 0.25) is 0 Å². The molecule has 0 saturated carbocycles. The van der Waals surface area contributed by atoms with Gasteiger partial charge in [0.05, 0.1) is 18.7 Å². The van der Waals surface area contributed by atoms with E-state index in [1.54, 1.807) is 11.7 Å². The fourth-order valence-corrected chi connectivity index (χ4v) is 2.28. The van der Waals surface area contributed by atoms with Crippen molar-refractivity contribution in [2.24, 2.45) is 0 Å². The number of aromatic nitrogens is 1. The Kier molecular flexibility index (Phi) is 5.41. The number of halogens is 1. The van der Waals surface area contributed by atoms with Crippen LogP contribution in [0.2, 0.25) is 0 Å². The lowest BCUT2D eigenvalue weighted by Gasteiger charge is -2.04. The molecule has 1 aromatic carbocycles. The van der Waals surface area contributed by atoms with Crippen molar-refractivity contribution in [3.05, 3.63) is 32.3 Å². The Morgan fingerprint density at radius 3 is 2.95 bits per heavy atom. The summed E-state index contributed by atoms with van der Waals surface area (Å²) in [7, 11) is 1.64. The van der Waals surface area contributed by atoms with Crippen molar-refractivity contribution >= 4 is 33.7 Å². The fraction of sp³-hybridized carbons (Fsp3) is 0.462. The van der Waals surface area contributed by atoms with E-state index in [4.69, 9.17) is 13.9 Å². The molecule has 2 rings (SSSR count). The third-order valence-corrected chi connectivity index (χ3v) is 3.40. The zero-order chi connectivity index (χ0) is 13.7. The molecule has 0 aliphatic heterocycles. The predicted octanol–water partition coefficient (Wildman–Crippen LogP) is 2.25. The van der Waals surface area contributed by atoms with Crippen LogP contribution in [0.25, 0.3) is 11.1 Å². The van der Waals surface area contributed by atoms with Crippen LogP contribution in [0.1, 0.15) is 6.42 Å². The third-order valence-electron chi connectivity index (χ3n) is 2.73. The molecule has 1 heterocycles. The second-order valence-electron chi connectivity index (χ2n) is 4.09. The van der Waals surface area contributed by atoms with Crippen LogP contribution in [0.15, 0.2) is 27.4 Å². The van der Waals surface area contributed by atoms with Gasteiger partial charge in [-0.25, -0.2) is 4.79 Å². The van der Waals surface area contributed by atoms with E-state index in [9.17, 15) is 4.79 Å². The minimum Gasteiger partial charge on any atom is -0.408 e. The van der Waals surface area contributed by atoms with E-state index in [1.807, 2.05) is 18.2 Å². The molecule has 0 bridgehead atoms. The highest BCUT2D eigenvalue weighted by molar-refractivity contribution is 14.1. The van der Waals surface area contributed by atoms with E-state index in [2.05, 4.69) is 22.6 Å². The number of hydrogen-bond donors (Lipinski definition) is 0. The summed E-state index contributed by atoms with van der Waals surface area (Å²) in [5.74, 6) is -0.311. The van der Waals surface area contributed by atoms with Crippen molar-refractivity contribution in [1.82, 2.24) is 4.57 Å². The van der Waals surface area contributed by atoms with Crippen molar-refractivity contribution in [2.45, 2.75) is 13.0 Å². The number of nitrogens with zero attached hydrogens (tertiary/aromatic N) is 1. The van der Waals surface area contributed by atoms with Gasteiger partial charge in [-0.05, 0) is 47.2 Å². The Bertz CT molecular complexity index is 590. The monoisotopic (exact) mass is 377 g/mol. The van der Waals surface area contributed by atoms with Crippen LogP contribution in [0.5, 0.6) is 0 Å². The van der Waals surface area contributed by atoms with Crippen LogP contribution >= 0.6 is 22.6 Å². The van der Waals surface area contributed by atoms with Gasteiger partial charge >= 0.3 is 5.76 Å². The average molecular weight is 377 g/mol. The number of benzene rings is 1. The molecule has 104 valence electrons. The van der Waals surface area contributed by atoms with Crippen molar-refractivity contribution < 1.29 is 13.9 Å². The Balaban J connectivity index is 1.97. The van der Waals surface area contributed by atoms with Gasteiger partial charge in [0.1, 0.15) is 0 Å². The Hall–Kier alpha value is -0.860. The summed E-state index contributed by atoms with van der Waals surface area (Å²) in [6.07, 6.45) is 0.768. The smallest absolute Gasteiger partial charge is 0.408 e. The molecule has 0 atom stereocenters. The predicted molar refractivity (Wildman–Crippen MR) is 80.5 cm³/mol. The maximum absolute atomic E-state index is 11.7. The van der Waals surface area contributed by atoms with Crippen molar-refractivity contribution in [2.75, 3.05) is 26.9 Å². The lowest BCUT2D eigenvalue weighted by Crippen LogP contribution is -2.15. The van der Waals surface area contributed by atoms with Gasteiger partial charge in [-0.2, -0.15) is 0 Å². The van der Waals surface area contributed by atoms with Gasteiger partial charge < -0.3 is 13.9 Å². The summed E-state index contributed by atoms with van der Waals surface area (Å²) < 4.78 is 18.2. The molecule has 0 amide bonds. The van der Waals surface area contributed by atoms with Crippen molar-refractivity contribution in [3.63, 3.8) is 0 Å². The number of fused-ring (bicyclic) bond motifs is 1. The second-order valence-corrected chi connectivity index (χ2v) is 5.34. The number of hydrogen-bond acceptors (Lipinski definition) is 4. The largest absolute Gasteiger partial charge is 0.419 e. The number of rotatable bonds is 7. The molecule has 0 spiro atoms. The topological polar surface area (TPSA) is 53.6 Å². The molecule has 0 fully saturated rings. The van der Waals surface area contributed by atoms with E-state index in [0.29, 0.717) is 31.9 Å². The Morgan fingerprint density at radius 2 is 2.16 bits per heavy atom. The zero-order valence-corrected chi connectivity index (χ0v) is 12.9. The number of methoxy groups -OCH3 is 1. The molecule has 0 unspecified atom stereocenters. The highest BCUT2D eigenvalue weighted by Crippen LogP contribution is 2.16. The molecule has 0 radical (unpaired) electrons. The maximum Gasteiger partial charge on any atom is 0.419 e. The van der Waals surface area contributed by atoms with Gasteiger partial charge in [-0.15, -0.1) is 0 Å². The molecule has 5 nitrogen and oxygen atoms in total. The molecular formula is C13H16INO4. The van der Waals surface area contributed by atoms with Gasteiger partial charge in [0.15, 0.2) is 5.58 Å². The summed E-state index contributed by atoms with van der Waals surface area (Å²) in [4.78, 5) is 11.7. The minimum atomic E-state index is -0.311. The Labute approximate surface area is 124 Å². The highest BCUT2D eigenvalue weighted by atomic mass is 127. The van der Waals surface area contributed by atoms with Crippen LogP contribution in [-0.4, -0.2) is 31.5 Å². The quantitative estimate of drug-likeness (QED) is 0.549. The van der Waals surface area contributed by atoms with Crippen LogP contribution in [0.3, 0.4) is 0 Å². The summed E-state index contributed by atoms with van der Waals surface area (Å²) in [6, 6.07) is 5.74. The molecular weight excluding hydrogens is 361 g/mol. The van der Waals surface area contributed by atoms with E-state index in [0.717, 1.165) is 15.5 Å². The third kappa shape index (κ3) is 3.80. The van der Waals surface area contributed by atoms with Gasteiger partial charge in [-0.1, -0.05) is 0 Å². The highest BCUT2D eigenvalue weighted by Gasteiger charge is 2.08. The fourth-order valence-electron chi connectivity index (χ4n) is 1.82. The van der Waals surface area contributed by atoms with E-state index in [1.165, 1.54) is 0 Å². The zero-order valence-electron chi connectivity index (χ0n) is 10.7. The Morgan fingerprint density at radius 1 is 1.32 bits per heavy atom. The van der Waals surface area contributed by atoms with Crippen LogP contribution in [-0.2, 0) is 16.0 Å². The second kappa shape index (κ2) is 7.06. The number of ether oxygens (including phenoxy) is 2. The standard InChI is InChI=1S/C13H16INO4/c1-17-7-8-18-6-2-5-15-11-4-3-10(14)9-12(11)19-13(15)16/h3-4,9H,2,5-8H2,1H3. The summed E-state index contributed by atoms with van der Waals surface area (Å²) >= 11 is 2.19. The molecule has 1 aromatic heterocycles. The molecule has 2 aromatic rings. The van der Waals surface area contributed by atoms with Gasteiger partial charge in [0, 0.05) is 23.8 Å². The normalized spacial score (nSPS) is 11.3. The van der Waals surface area contributed by atoms with Crippen LogP contribution in [0, 0.1) is 3.57 Å². The molecule has 0 aliphatic rings. The minimum absolute atomic E-state index is 0.311. The number of aryl methyl sites for hydroxylation is 1. The SMILES string of the molecule is COCCOCCCn1c(=O)oc2cc(I)ccc21. The lowest BCUT2D eigenvalue weighted by molar-refractivity contribution is 0.0679. The molecule has 0 saturated heterocycles.